The largest absolute Gasteiger partial charge is 8.00 e. The van der Waals surface area contributed by atoms with E-state index in [1.54, 1.807) is 0 Å². The number of hydrogen-bond donors (Lipinski definition) is 0. The second-order valence-electron chi connectivity index (χ2n) is 0.900. The number of nitrogens with two attached hydrogens (primary N) is 5. The second-order valence-corrected chi connectivity index (χ2v) is 2.27. The van der Waals surface area contributed by atoms with Crippen LogP contribution in [-0.2, 0) is 29.9 Å². The molecule has 8 nitrogen and oxygen atoms in total. The maximum atomic E-state index is 10.7. The van der Waals surface area contributed by atoms with Gasteiger partial charge in [-0.1, -0.05) is 0 Å². The summed E-state index contributed by atoms with van der Waals surface area (Å²) in [6.07, 6.45) is 0. The molecule has 0 rings (SSSR count). The van der Waals surface area contributed by atoms with Gasteiger partial charge in [-0.25, -0.2) is 8.42 Å². The van der Waals surface area contributed by atoms with Crippen LogP contribution in [0.15, 0.2) is 0 Å². The summed E-state index contributed by atoms with van der Waals surface area (Å²) in [7, 11) is -6.09. The summed E-state index contributed by atoms with van der Waals surface area (Å²) in [5, 5.41) is 0. The van der Waals surface area contributed by atoms with Crippen LogP contribution in [0.2, 0.25) is 0 Å². The van der Waals surface area contributed by atoms with Crippen LogP contribution >= 0.6 is 0 Å². The topological polar surface area (TPSA) is 225 Å². The Morgan fingerprint density at radius 1 is 0.857 bits per heavy atom. The first-order valence-electron chi connectivity index (χ1n) is 1.27. The van der Waals surface area contributed by atoms with E-state index in [9.17, 15) is 13.2 Å². The predicted octanol–water partition coefficient (Wildman–Crippen LogP) is 3.63. The molecular weight excluding hydrogens is 409 g/mol. The molecule has 0 fully saturated rings. The molecule has 0 unspecified atom stereocenters. The monoisotopic (exact) mass is 421 g/mol. The quantitative estimate of drug-likeness (QED) is 0.423. The molecule has 0 radical (unpaired) electrons. The van der Waals surface area contributed by atoms with E-state index in [4.69, 9.17) is 13.0 Å². The average Bonchev–Trinajstić information content (AvgIpc) is 1.25. The van der Waals surface area contributed by atoms with E-state index in [0.717, 1.165) is 0 Å². The van der Waals surface area contributed by atoms with Crippen LogP contribution in [0, 0.1) is 0 Å². The van der Waals surface area contributed by atoms with Crippen molar-refractivity contribution in [2.45, 2.75) is 5.51 Å². The zero-order valence-corrected chi connectivity index (χ0v) is 9.86. The van der Waals surface area contributed by atoms with E-state index >= 15 is 0 Å². The minimum atomic E-state index is -6.09. The Bertz CT molecular complexity index is 181. The smallest absolute Gasteiger partial charge is 0.741 e. The molecule has 0 aromatic rings. The van der Waals surface area contributed by atoms with Gasteiger partial charge in [-0.15, -0.1) is 0 Å². The zero-order valence-electron chi connectivity index (χ0n) is 6.51. The molecule has 0 aliphatic heterocycles. The van der Waals surface area contributed by atoms with E-state index in [2.05, 4.69) is 0 Å². The molecule has 90 valence electrons. The Hall–Kier alpha value is 0.136. The first kappa shape index (κ1) is 47.9. The molecule has 0 amide bonds. The van der Waals surface area contributed by atoms with Crippen LogP contribution in [-0.4, -0.2) is 18.5 Å². The van der Waals surface area contributed by atoms with Crippen molar-refractivity contribution in [1.82, 2.24) is 0 Å². The summed E-state index contributed by atoms with van der Waals surface area (Å²) in [6.45, 7) is 0. The number of halogens is 3. The summed E-state index contributed by atoms with van der Waals surface area (Å²) in [5.74, 6) is 0. The first-order valence-corrected chi connectivity index (χ1v) is 2.68. The summed E-state index contributed by atoms with van der Waals surface area (Å²) in [5.41, 5.74) is -5.65. The SMILES string of the molecule is O=S(=O)([O-])C(F)(F)F.[NH2-].[NH2-].[NH2-].[NH2-].[NH2-].[Os+8]. The fraction of sp³-hybridized carbons (Fsp3) is 1.00. The van der Waals surface area contributed by atoms with E-state index < -0.39 is 15.6 Å². The van der Waals surface area contributed by atoms with Gasteiger partial charge in [0.15, 0.2) is 10.1 Å². The zero-order chi connectivity index (χ0) is 7.00. The first-order chi connectivity index (χ1) is 3.25. The van der Waals surface area contributed by atoms with Gasteiger partial charge >= 0.3 is 25.3 Å². The third-order valence-electron chi connectivity index (χ3n) is 0.283. The summed E-state index contributed by atoms with van der Waals surface area (Å²) >= 11 is 0. The molecule has 0 aromatic carbocycles. The van der Waals surface area contributed by atoms with Crippen molar-refractivity contribution in [2.24, 2.45) is 0 Å². The van der Waals surface area contributed by atoms with Gasteiger partial charge in [0.2, 0.25) is 0 Å². The molecule has 14 heavy (non-hydrogen) atoms. The molecule has 0 spiro atoms. The van der Waals surface area contributed by atoms with Crippen LogP contribution < -0.4 is 0 Å². The molecule has 0 aliphatic rings. The Morgan fingerprint density at radius 3 is 0.929 bits per heavy atom. The number of alkyl halides is 3. The predicted molar refractivity (Wildman–Crippen MR) is 42.2 cm³/mol. The molecule has 0 saturated heterocycles. The van der Waals surface area contributed by atoms with Crippen molar-refractivity contribution in [3.8, 4) is 0 Å². The van der Waals surface area contributed by atoms with Crippen molar-refractivity contribution in [3.05, 3.63) is 30.8 Å². The van der Waals surface area contributed by atoms with Gasteiger partial charge in [-0.05, 0) is 0 Å². The van der Waals surface area contributed by atoms with Gasteiger partial charge < -0.3 is 35.3 Å². The fourth-order valence-corrected chi connectivity index (χ4v) is 0. The van der Waals surface area contributed by atoms with Gasteiger partial charge in [0, 0.05) is 0 Å². The van der Waals surface area contributed by atoms with Crippen molar-refractivity contribution in [2.75, 3.05) is 0 Å². The molecule has 0 aromatic heterocycles. The summed E-state index contributed by atoms with van der Waals surface area (Å²) in [4.78, 5) is 0. The Balaban J connectivity index is -0.0000000163. The molecule has 0 bridgehead atoms. The standard InChI is InChI=1S/CHF3O3S.5H2N.Os/c2-1(3,4)8(5,6)7;;;;;;/h(H,5,6,7);5*1H2;/q;5*-1;+8/p-1. The second kappa shape index (κ2) is 13.1. The average molecular weight is 419 g/mol. The van der Waals surface area contributed by atoms with Crippen molar-refractivity contribution < 1.29 is 45.9 Å². The fourth-order valence-electron chi connectivity index (χ4n) is 0. The van der Waals surface area contributed by atoms with E-state index in [1.165, 1.54) is 0 Å². The van der Waals surface area contributed by atoms with Gasteiger partial charge in [-0.2, -0.15) is 13.2 Å². The van der Waals surface area contributed by atoms with E-state index in [-0.39, 0.29) is 50.5 Å². The molecule has 0 atom stereocenters. The van der Waals surface area contributed by atoms with Crippen LogP contribution in [0.5, 0.6) is 0 Å². The molecule has 13 heteroatoms. The Labute approximate surface area is 92.7 Å². The molecule has 10 N–H and O–H groups in total. The molecule has 0 saturated carbocycles. The maximum Gasteiger partial charge on any atom is 8.00 e. The third kappa shape index (κ3) is 18.0. The van der Waals surface area contributed by atoms with Crippen molar-refractivity contribution in [1.29, 1.82) is 0 Å². The van der Waals surface area contributed by atoms with Gasteiger partial charge in [0.1, 0.15) is 0 Å². The van der Waals surface area contributed by atoms with Crippen LogP contribution in [0.4, 0.5) is 13.2 Å². The van der Waals surface area contributed by atoms with Crippen LogP contribution in [0.25, 0.3) is 30.8 Å². The summed E-state index contributed by atoms with van der Waals surface area (Å²) in [6, 6.07) is 0. The van der Waals surface area contributed by atoms with Gasteiger partial charge in [-0.3, -0.25) is 0 Å². The van der Waals surface area contributed by atoms with Gasteiger partial charge in [0.05, 0.1) is 0 Å². The molecule has 0 heterocycles. The minimum Gasteiger partial charge on any atom is -0.741 e. The van der Waals surface area contributed by atoms with Crippen LogP contribution in [0.3, 0.4) is 0 Å². The maximum absolute atomic E-state index is 10.7. The normalized spacial score (nSPS) is 8.00. The third-order valence-corrected chi connectivity index (χ3v) is 0.850. The van der Waals surface area contributed by atoms with E-state index in [1.807, 2.05) is 0 Å². The summed E-state index contributed by atoms with van der Waals surface area (Å²) < 4.78 is 58.9. The number of rotatable bonds is 0. The van der Waals surface area contributed by atoms with Crippen LogP contribution in [0.1, 0.15) is 0 Å². The Kier molecular flexibility index (Phi) is 44.9. The van der Waals surface area contributed by atoms with Crippen molar-refractivity contribution >= 4 is 10.1 Å². The number of hydrogen-bond acceptors (Lipinski definition) is 3. The van der Waals surface area contributed by atoms with Gasteiger partial charge in [0.25, 0.3) is 0 Å². The molecular formula is CH10F3N5O3OsS+2. The Morgan fingerprint density at radius 2 is 0.929 bits per heavy atom. The minimum absolute atomic E-state index is 0. The van der Waals surface area contributed by atoms with Crippen molar-refractivity contribution in [3.63, 3.8) is 0 Å². The van der Waals surface area contributed by atoms with E-state index in [0.29, 0.717) is 0 Å². The molecule has 0 aliphatic carbocycles.